The van der Waals surface area contributed by atoms with Gasteiger partial charge < -0.3 is 11.1 Å². The number of carbonyl (C=O) groups excluding carboxylic acids is 1. The predicted molar refractivity (Wildman–Crippen MR) is 95.8 cm³/mol. The summed E-state index contributed by atoms with van der Waals surface area (Å²) < 4.78 is 28.1. The van der Waals surface area contributed by atoms with Crippen molar-refractivity contribution in [3.63, 3.8) is 0 Å². The van der Waals surface area contributed by atoms with Crippen LogP contribution < -0.4 is 15.8 Å². The third-order valence-electron chi connectivity index (χ3n) is 4.78. The molecule has 1 aliphatic heterocycles. The average molecular weight is 374 g/mol. The van der Waals surface area contributed by atoms with E-state index >= 15 is 0 Å². The van der Waals surface area contributed by atoms with Crippen LogP contribution in [0.2, 0.25) is 0 Å². The molecule has 2 unspecified atom stereocenters. The van der Waals surface area contributed by atoms with E-state index in [9.17, 15) is 13.2 Å². The zero-order chi connectivity index (χ0) is 16.4. The van der Waals surface area contributed by atoms with Gasteiger partial charge in [-0.25, -0.2) is 13.1 Å². The number of benzene rings is 1. The third-order valence-corrected chi connectivity index (χ3v) is 6.27. The molecule has 0 saturated heterocycles. The quantitative estimate of drug-likeness (QED) is 0.748. The number of anilines is 1. The van der Waals surface area contributed by atoms with Crippen molar-refractivity contribution in [2.45, 2.75) is 49.5 Å². The number of carbonyl (C=O) groups is 1. The number of amides is 1. The van der Waals surface area contributed by atoms with Gasteiger partial charge in [0.05, 0.1) is 4.90 Å². The molecule has 24 heavy (non-hydrogen) atoms. The van der Waals surface area contributed by atoms with E-state index in [0.717, 1.165) is 31.2 Å². The molecule has 0 spiro atoms. The summed E-state index contributed by atoms with van der Waals surface area (Å²) in [7, 11) is -3.56. The molecule has 4 N–H and O–H groups in total. The second-order valence-electron chi connectivity index (χ2n) is 6.38. The van der Waals surface area contributed by atoms with Crippen molar-refractivity contribution in [3.8, 4) is 0 Å². The smallest absolute Gasteiger partial charge is 0.240 e. The normalized spacial score (nSPS) is 23.8. The number of halogens is 1. The highest BCUT2D eigenvalue weighted by atomic mass is 35.5. The van der Waals surface area contributed by atoms with Crippen molar-refractivity contribution in [3.05, 3.63) is 23.8 Å². The van der Waals surface area contributed by atoms with Gasteiger partial charge in [0, 0.05) is 18.2 Å². The van der Waals surface area contributed by atoms with E-state index in [2.05, 4.69) is 10.0 Å². The minimum Gasteiger partial charge on any atom is -0.330 e. The Morgan fingerprint density at radius 1 is 1.21 bits per heavy atom. The van der Waals surface area contributed by atoms with Crippen LogP contribution in [0.5, 0.6) is 0 Å². The van der Waals surface area contributed by atoms with E-state index < -0.39 is 10.0 Å². The zero-order valence-electron chi connectivity index (χ0n) is 13.5. The van der Waals surface area contributed by atoms with Crippen LogP contribution in [0.15, 0.2) is 23.1 Å². The maximum absolute atomic E-state index is 12.6. The lowest BCUT2D eigenvalue weighted by Crippen LogP contribution is -2.39. The molecule has 1 amide bonds. The van der Waals surface area contributed by atoms with Crippen LogP contribution in [0.1, 0.15) is 37.7 Å². The molecule has 134 valence electrons. The van der Waals surface area contributed by atoms with E-state index in [1.807, 2.05) is 0 Å². The highest BCUT2D eigenvalue weighted by Gasteiger charge is 2.30. The molecule has 1 aromatic carbocycles. The molecule has 1 saturated carbocycles. The first kappa shape index (κ1) is 19.2. The number of fused-ring (bicyclic) bond motifs is 1. The number of aryl methyl sites for hydroxylation is 1. The topological polar surface area (TPSA) is 101 Å². The van der Waals surface area contributed by atoms with Crippen LogP contribution in [0.25, 0.3) is 0 Å². The number of rotatable bonds is 4. The van der Waals surface area contributed by atoms with Gasteiger partial charge >= 0.3 is 0 Å². The third kappa shape index (κ3) is 4.08. The first-order valence-corrected chi connectivity index (χ1v) is 9.63. The fourth-order valence-corrected chi connectivity index (χ4v) is 4.85. The molecule has 6 nitrogen and oxygen atoms in total. The van der Waals surface area contributed by atoms with Crippen molar-refractivity contribution in [2.24, 2.45) is 11.7 Å². The van der Waals surface area contributed by atoms with Crippen molar-refractivity contribution >= 4 is 34.0 Å². The highest BCUT2D eigenvalue weighted by Crippen LogP contribution is 2.28. The van der Waals surface area contributed by atoms with Crippen molar-refractivity contribution < 1.29 is 13.2 Å². The molecule has 2 aliphatic rings. The molecule has 0 radical (unpaired) electrons. The fourth-order valence-electron chi connectivity index (χ4n) is 3.46. The van der Waals surface area contributed by atoms with Crippen LogP contribution >= 0.6 is 12.4 Å². The van der Waals surface area contributed by atoms with Gasteiger partial charge in [-0.1, -0.05) is 6.42 Å². The second kappa shape index (κ2) is 7.82. The Labute approximate surface area is 149 Å². The average Bonchev–Trinajstić information content (AvgIpc) is 2.85. The Bertz CT molecular complexity index is 709. The summed E-state index contributed by atoms with van der Waals surface area (Å²) >= 11 is 0. The number of sulfonamides is 1. The van der Waals surface area contributed by atoms with Crippen LogP contribution in [0.3, 0.4) is 0 Å². The summed E-state index contributed by atoms with van der Waals surface area (Å²) in [5.41, 5.74) is 7.32. The lowest BCUT2D eigenvalue weighted by Gasteiger charge is -2.20. The SMILES string of the molecule is Cl.NCC1CCCC1NS(=O)(=O)c1ccc2c(c1)CCCC(=O)N2. The molecule has 1 fully saturated rings. The Morgan fingerprint density at radius 2 is 2.00 bits per heavy atom. The van der Waals surface area contributed by atoms with Gasteiger partial charge in [0.1, 0.15) is 0 Å². The van der Waals surface area contributed by atoms with Gasteiger partial charge in [-0.05, 0) is 61.9 Å². The first-order valence-electron chi connectivity index (χ1n) is 8.15. The first-order chi connectivity index (χ1) is 11.0. The lowest BCUT2D eigenvalue weighted by atomic mass is 10.1. The Morgan fingerprint density at radius 3 is 2.75 bits per heavy atom. The Balaban J connectivity index is 0.00000208. The van der Waals surface area contributed by atoms with Crippen LogP contribution in [-0.2, 0) is 21.2 Å². The zero-order valence-corrected chi connectivity index (χ0v) is 15.1. The molecule has 2 atom stereocenters. The summed E-state index contributed by atoms with van der Waals surface area (Å²) in [5.74, 6) is 0.194. The van der Waals surface area contributed by atoms with Gasteiger partial charge in [0.15, 0.2) is 0 Å². The van der Waals surface area contributed by atoms with E-state index in [1.165, 1.54) is 0 Å². The minimum atomic E-state index is -3.56. The van der Waals surface area contributed by atoms with Gasteiger partial charge in [-0.3, -0.25) is 4.79 Å². The number of nitrogens with one attached hydrogen (secondary N) is 2. The highest BCUT2D eigenvalue weighted by molar-refractivity contribution is 7.89. The Hall–Kier alpha value is -1.15. The maximum atomic E-state index is 12.6. The summed E-state index contributed by atoms with van der Waals surface area (Å²) in [6.07, 6.45) is 4.71. The van der Waals surface area contributed by atoms with Crippen LogP contribution in [0, 0.1) is 5.92 Å². The van der Waals surface area contributed by atoms with Gasteiger partial charge in [-0.15, -0.1) is 12.4 Å². The van der Waals surface area contributed by atoms with E-state index in [1.54, 1.807) is 18.2 Å². The molecule has 8 heteroatoms. The van der Waals surface area contributed by atoms with Gasteiger partial charge in [0.2, 0.25) is 15.9 Å². The van der Waals surface area contributed by atoms with Crippen molar-refractivity contribution in [1.29, 1.82) is 0 Å². The summed E-state index contributed by atoms with van der Waals surface area (Å²) in [6, 6.07) is 4.83. The second-order valence-corrected chi connectivity index (χ2v) is 8.09. The molecule has 1 heterocycles. The lowest BCUT2D eigenvalue weighted by molar-refractivity contribution is -0.116. The molecule has 1 aliphatic carbocycles. The summed E-state index contributed by atoms with van der Waals surface area (Å²) in [5, 5.41) is 2.82. The summed E-state index contributed by atoms with van der Waals surface area (Å²) in [6.45, 7) is 0.503. The van der Waals surface area contributed by atoms with Gasteiger partial charge in [0.25, 0.3) is 0 Å². The molecule has 3 rings (SSSR count). The largest absolute Gasteiger partial charge is 0.330 e. The molecular formula is C16H24ClN3O3S. The van der Waals surface area contributed by atoms with Crippen molar-refractivity contribution in [1.82, 2.24) is 4.72 Å². The van der Waals surface area contributed by atoms with Crippen LogP contribution in [0.4, 0.5) is 5.69 Å². The number of hydrogen-bond donors (Lipinski definition) is 3. The molecule has 0 bridgehead atoms. The maximum Gasteiger partial charge on any atom is 0.240 e. The minimum absolute atomic E-state index is 0. The standard InChI is InChI=1S/C16H23N3O3S.ClH/c17-10-12-4-1-5-15(12)19-23(21,22)13-7-8-14-11(9-13)3-2-6-16(20)18-14;/h7-9,12,15,19H,1-6,10,17H2,(H,18,20);1H. The molecule has 0 aromatic heterocycles. The number of hydrogen-bond acceptors (Lipinski definition) is 4. The van der Waals surface area contributed by atoms with Crippen LogP contribution in [-0.4, -0.2) is 26.9 Å². The number of nitrogens with two attached hydrogens (primary N) is 1. The van der Waals surface area contributed by atoms with E-state index in [-0.39, 0.29) is 35.2 Å². The van der Waals surface area contributed by atoms with E-state index in [0.29, 0.717) is 25.1 Å². The summed E-state index contributed by atoms with van der Waals surface area (Å²) in [4.78, 5) is 11.8. The Kier molecular flexibility index (Phi) is 6.25. The molecule has 1 aromatic rings. The monoisotopic (exact) mass is 373 g/mol. The van der Waals surface area contributed by atoms with Crippen molar-refractivity contribution in [2.75, 3.05) is 11.9 Å². The fraction of sp³-hybridized carbons (Fsp3) is 0.562. The van der Waals surface area contributed by atoms with Gasteiger partial charge in [-0.2, -0.15) is 0 Å². The van der Waals surface area contributed by atoms with E-state index in [4.69, 9.17) is 5.73 Å². The molecular weight excluding hydrogens is 350 g/mol. The predicted octanol–water partition coefficient (Wildman–Crippen LogP) is 1.79.